The number of para-hydroxylation sites is 1. The number of anilines is 2. The molecule has 3 atom stereocenters. The number of carbonyl (C=O) groups is 3. The van der Waals surface area contributed by atoms with Gasteiger partial charge in [-0.05, 0) is 61.0 Å². The first-order valence-electron chi connectivity index (χ1n) is 10.9. The second-order valence-corrected chi connectivity index (χ2v) is 7.99. The van der Waals surface area contributed by atoms with Gasteiger partial charge in [-0.1, -0.05) is 30.3 Å². The Bertz CT molecular complexity index is 1230. The minimum Gasteiger partial charge on any atom is -0.462 e. The second-order valence-electron chi connectivity index (χ2n) is 7.99. The summed E-state index contributed by atoms with van der Waals surface area (Å²) in [6.45, 7) is 1.95. The summed E-state index contributed by atoms with van der Waals surface area (Å²) >= 11 is 0. The normalized spacial score (nSPS) is 21.6. The Balaban J connectivity index is 1.50. The largest absolute Gasteiger partial charge is 0.462 e. The molecule has 0 N–H and O–H groups in total. The molecule has 0 aliphatic carbocycles. The summed E-state index contributed by atoms with van der Waals surface area (Å²) in [5.41, 5.74) is 1.99. The van der Waals surface area contributed by atoms with E-state index in [9.17, 15) is 18.8 Å². The molecule has 7 nitrogen and oxygen atoms in total. The number of nitrogens with zero attached hydrogens (tertiary/aromatic N) is 2. The maximum atomic E-state index is 13.6. The minimum atomic E-state index is -1.03. The molecule has 2 amide bonds. The quantitative estimate of drug-likeness (QED) is 0.422. The molecule has 34 heavy (non-hydrogen) atoms. The van der Waals surface area contributed by atoms with Gasteiger partial charge < -0.3 is 4.74 Å². The van der Waals surface area contributed by atoms with Crippen LogP contribution >= 0.6 is 0 Å². The van der Waals surface area contributed by atoms with Crippen molar-refractivity contribution in [1.82, 2.24) is 0 Å². The lowest BCUT2D eigenvalue weighted by Gasteiger charge is -2.28. The lowest BCUT2D eigenvalue weighted by molar-refractivity contribution is -0.126. The van der Waals surface area contributed by atoms with Gasteiger partial charge in [0.25, 0.3) is 5.91 Å². The molecule has 172 valence electrons. The summed E-state index contributed by atoms with van der Waals surface area (Å²) in [5, 5.41) is 1.56. The number of halogens is 1. The molecule has 3 aromatic rings. The number of ether oxygens (including phenoxy) is 1. The Kier molecular flexibility index (Phi) is 5.59. The van der Waals surface area contributed by atoms with Gasteiger partial charge in [-0.15, -0.1) is 0 Å². The molecule has 5 rings (SSSR count). The lowest BCUT2D eigenvalue weighted by atomic mass is 9.90. The van der Waals surface area contributed by atoms with Crippen molar-refractivity contribution < 1.29 is 28.3 Å². The number of carbonyl (C=O) groups excluding carboxylic acids is 3. The van der Waals surface area contributed by atoms with Crippen molar-refractivity contribution in [3.05, 3.63) is 95.8 Å². The number of amides is 2. The van der Waals surface area contributed by atoms with Gasteiger partial charge in [0.15, 0.2) is 6.10 Å². The summed E-state index contributed by atoms with van der Waals surface area (Å²) in [7, 11) is 0. The Labute approximate surface area is 195 Å². The number of benzene rings is 3. The van der Waals surface area contributed by atoms with Crippen molar-refractivity contribution in [3.63, 3.8) is 0 Å². The lowest BCUT2D eigenvalue weighted by Crippen LogP contribution is -2.37. The number of imide groups is 1. The van der Waals surface area contributed by atoms with E-state index in [1.54, 1.807) is 24.1 Å². The first-order chi connectivity index (χ1) is 16.5. The van der Waals surface area contributed by atoms with Gasteiger partial charge >= 0.3 is 5.97 Å². The van der Waals surface area contributed by atoms with Crippen molar-refractivity contribution in [2.24, 2.45) is 5.92 Å². The fraction of sp³-hybridized carbons (Fsp3) is 0.192. The van der Waals surface area contributed by atoms with E-state index in [2.05, 4.69) is 0 Å². The number of hydrogen-bond donors (Lipinski definition) is 0. The van der Waals surface area contributed by atoms with Crippen LogP contribution in [0.2, 0.25) is 0 Å². The molecule has 2 aliphatic heterocycles. The summed E-state index contributed by atoms with van der Waals surface area (Å²) in [4.78, 5) is 46.0. The van der Waals surface area contributed by atoms with Crippen LogP contribution in [0.15, 0.2) is 78.9 Å². The van der Waals surface area contributed by atoms with Crippen LogP contribution in [0.5, 0.6) is 0 Å². The van der Waals surface area contributed by atoms with Crippen LogP contribution in [0.3, 0.4) is 0 Å². The first kappa shape index (κ1) is 21.8. The molecule has 8 heteroatoms. The molecule has 3 aromatic carbocycles. The van der Waals surface area contributed by atoms with Gasteiger partial charge in [-0.2, -0.15) is 0 Å². The second kappa shape index (κ2) is 8.72. The number of rotatable bonds is 5. The van der Waals surface area contributed by atoms with E-state index in [-0.39, 0.29) is 6.61 Å². The van der Waals surface area contributed by atoms with E-state index < -0.39 is 41.7 Å². The molecule has 0 radical (unpaired) electrons. The van der Waals surface area contributed by atoms with Crippen LogP contribution in [-0.4, -0.2) is 30.5 Å². The molecular weight excluding hydrogens is 439 g/mol. The zero-order valence-electron chi connectivity index (χ0n) is 18.3. The van der Waals surface area contributed by atoms with Gasteiger partial charge in [0.2, 0.25) is 5.91 Å². The fourth-order valence-corrected chi connectivity index (χ4v) is 4.43. The topological polar surface area (TPSA) is 76.2 Å². The zero-order chi connectivity index (χ0) is 23.8. The molecule has 2 fully saturated rings. The van der Waals surface area contributed by atoms with Gasteiger partial charge in [0, 0.05) is 0 Å². The van der Waals surface area contributed by atoms with Gasteiger partial charge in [0.1, 0.15) is 11.7 Å². The third kappa shape index (κ3) is 3.62. The Morgan fingerprint density at radius 2 is 1.59 bits per heavy atom. The van der Waals surface area contributed by atoms with Crippen LogP contribution in [0, 0.1) is 11.7 Å². The molecule has 2 aliphatic rings. The van der Waals surface area contributed by atoms with E-state index in [0.717, 1.165) is 4.90 Å². The number of fused-ring (bicyclic) bond motifs is 1. The predicted molar refractivity (Wildman–Crippen MR) is 121 cm³/mol. The van der Waals surface area contributed by atoms with Crippen LogP contribution in [0.25, 0.3) is 0 Å². The van der Waals surface area contributed by atoms with Gasteiger partial charge in [0.05, 0.1) is 29.6 Å². The Morgan fingerprint density at radius 3 is 2.24 bits per heavy atom. The molecule has 0 aromatic heterocycles. The van der Waals surface area contributed by atoms with E-state index >= 15 is 0 Å². The average molecular weight is 460 g/mol. The third-order valence-corrected chi connectivity index (χ3v) is 5.97. The fourth-order valence-electron chi connectivity index (χ4n) is 4.43. The van der Waals surface area contributed by atoms with Gasteiger partial charge in [-0.3, -0.25) is 14.4 Å². The highest BCUT2D eigenvalue weighted by atomic mass is 19.1. The number of esters is 1. The van der Waals surface area contributed by atoms with Crippen LogP contribution in [0.1, 0.15) is 28.9 Å². The van der Waals surface area contributed by atoms with Crippen LogP contribution in [0.4, 0.5) is 15.8 Å². The molecule has 0 unspecified atom stereocenters. The van der Waals surface area contributed by atoms with E-state index in [0.29, 0.717) is 22.5 Å². The number of hydrogen-bond acceptors (Lipinski definition) is 6. The predicted octanol–water partition coefficient (Wildman–Crippen LogP) is 4.05. The van der Waals surface area contributed by atoms with E-state index in [4.69, 9.17) is 9.57 Å². The van der Waals surface area contributed by atoms with Crippen molar-refractivity contribution in [2.75, 3.05) is 16.6 Å². The molecule has 2 heterocycles. The molecule has 2 saturated heterocycles. The monoisotopic (exact) mass is 460 g/mol. The highest BCUT2D eigenvalue weighted by molar-refractivity contribution is 6.24. The highest BCUT2D eigenvalue weighted by Gasteiger charge is 2.60. The van der Waals surface area contributed by atoms with Crippen molar-refractivity contribution >= 4 is 29.2 Å². The molecule has 0 saturated carbocycles. The molecule has 0 spiro atoms. The Morgan fingerprint density at radius 1 is 0.912 bits per heavy atom. The third-order valence-electron chi connectivity index (χ3n) is 5.97. The van der Waals surface area contributed by atoms with E-state index in [1.165, 1.54) is 36.4 Å². The standard InChI is InChI=1S/C26H21FN2O5/c1-2-33-26(32)17-10-14-19(15-11-17)28-24(30)21-22(16-8-12-18(27)13-9-16)29(34-23(21)25(28)31)20-6-4-3-5-7-20/h3-15,21-23H,2H2,1H3/t21-,22+,23-/m0/s1. The smallest absolute Gasteiger partial charge is 0.338 e. The van der Waals surface area contributed by atoms with E-state index in [1.807, 2.05) is 30.3 Å². The summed E-state index contributed by atoms with van der Waals surface area (Å²) < 4.78 is 18.6. The van der Waals surface area contributed by atoms with Gasteiger partial charge in [-0.25, -0.2) is 19.1 Å². The number of hydroxylamine groups is 1. The summed E-state index contributed by atoms with van der Waals surface area (Å²) in [6, 6.07) is 20.4. The molecule has 0 bridgehead atoms. The van der Waals surface area contributed by atoms with Crippen LogP contribution < -0.4 is 9.96 Å². The first-order valence-corrected chi connectivity index (χ1v) is 10.9. The summed E-state index contributed by atoms with van der Waals surface area (Å²) in [6.07, 6.45) is -1.03. The van der Waals surface area contributed by atoms with Crippen molar-refractivity contribution in [1.29, 1.82) is 0 Å². The van der Waals surface area contributed by atoms with Crippen molar-refractivity contribution in [3.8, 4) is 0 Å². The van der Waals surface area contributed by atoms with Crippen LogP contribution in [-0.2, 0) is 19.2 Å². The SMILES string of the molecule is CCOC(=O)c1ccc(N2C(=O)[C@@H]3[C@H](ON(c4ccccc4)[C@@H]3c3ccc(F)cc3)C2=O)cc1. The Hall–Kier alpha value is -4.04. The highest BCUT2D eigenvalue weighted by Crippen LogP contribution is 2.47. The minimum absolute atomic E-state index is 0.243. The average Bonchev–Trinajstić information content (AvgIpc) is 3.36. The maximum Gasteiger partial charge on any atom is 0.338 e. The maximum absolute atomic E-state index is 13.6. The summed E-state index contributed by atoms with van der Waals surface area (Å²) in [5.74, 6) is -2.63. The molecular formula is C26H21FN2O5. The van der Waals surface area contributed by atoms with Crippen molar-refractivity contribution in [2.45, 2.75) is 19.1 Å². The zero-order valence-corrected chi connectivity index (χ0v) is 18.3.